The minimum atomic E-state index is -4.99. The summed E-state index contributed by atoms with van der Waals surface area (Å²) >= 11 is 0. The van der Waals surface area contributed by atoms with E-state index in [1.165, 1.54) is 57.8 Å². The maximum Gasteiger partial charge on any atom is 0.472 e. The molecule has 3 N–H and O–H groups in total. The van der Waals surface area contributed by atoms with Gasteiger partial charge in [0.15, 0.2) is 12.2 Å². The van der Waals surface area contributed by atoms with Gasteiger partial charge < -0.3 is 33.8 Å². The second kappa shape index (κ2) is 72.8. The number of allylic oxidation sites excluding steroid dienone is 20. The molecule has 0 spiro atoms. The van der Waals surface area contributed by atoms with Crippen LogP contribution in [0.1, 0.15) is 310 Å². The first-order valence-electron chi connectivity index (χ1n) is 38.8. The van der Waals surface area contributed by atoms with Crippen LogP contribution in [0.4, 0.5) is 0 Å². The zero-order chi connectivity index (χ0) is 73.2. The zero-order valence-electron chi connectivity index (χ0n) is 62.6. The first-order chi connectivity index (χ1) is 48.7. The van der Waals surface area contributed by atoms with Gasteiger partial charge >= 0.3 is 39.5 Å². The van der Waals surface area contributed by atoms with Crippen molar-refractivity contribution in [3.8, 4) is 0 Å². The molecular weight excluding hydrogens is 1310 g/mol. The largest absolute Gasteiger partial charge is 0.472 e. The van der Waals surface area contributed by atoms with E-state index in [4.69, 9.17) is 37.0 Å². The van der Waals surface area contributed by atoms with E-state index < -0.39 is 97.5 Å². The number of carbonyl (C=O) groups is 4. The predicted molar refractivity (Wildman–Crippen MR) is 408 cm³/mol. The minimum absolute atomic E-state index is 0.0682. The first kappa shape index (κ1) is 95.5. The Morgan fingerprint density at radius 1 is 0.290 bits per heavy atom. The topological polar surface area (TPSA) is 237 Å². The molecule has 0 saturated carbocycles. The molecule has 0 radical (unpaired) electrons. The van der Waals surface area contributed by atoms with E-state index >= 15 is 0 Å². The first-order valence-corrected chi connectivity index (χ1v) is 41.8. The summed E-state index contributed by atoms with van der Waals surface area (Å²) in [6.07, 6.45) is 79.0. The number of carbonyl (C=O) groups excluding carboxylic acids is 4. The summed E-state index contributed by atoms with van der Waals surface area (Å²) in [7, 11) is -9.97. The van der Waals surface area contributed by atoms with Gasteiger partial charge in [0.05, 0.1) is 26.4 Å². The summed E-state index contributed by atoms with van der Waals surface area (Å²) in [5, 5.41) is 10.6. The quantitative estimate of drug-likeness (QED) is 0.0169. The molecule has 574 valence electrons. The lowest BCUT2D eigenvalue weighted by atomic mass is 10.1. The number of rotatable bonds is 72. The monoisotopic (exact) mass is 1440 g/mol. The Morgan fingerprint density at radius 3 is 0.840 bits per heavy atom. The van der Waals surface area contributed by atoms with Crippen molar-refractivity contribution < 1.29 is 80.2 Å². The van der Waals surface area contributed by atoms with Crippen LogP contribution in [0.3, 0.4) is 0 Å². The fourth-order valence-corrected chi connectivity index (χ4v) is 11.6. The van der Waals surface area contributed by atoms with Crippen LogP contribution in [-0.4, -0.2) is 96.7 Å². The van der Waals surface area contributed by atoms with Gasteiger partial charge in [0.2, 0.25) is 0 Å². The van der Waals surface area contributed by atoms with E-state index in [9.17, 15) is 43.2 Å². The molecule has 0 rings (SSSR count). The molecule has 100 heavy (non-hydrogen) atoms. The van der Waals surface area contributed by atoms with Crippen LogP contribution >= 0.6 is 15.6 Å². The summed E-state index contributed by atoms with van der Waals surface area (Å²) in [5.74, 6) is -2.25. The number of aliphatic hydroxyl groups excluding tert-OH is 1. The molecule has 19 heteroatoms. The lowest BCUT2D eigenvalue weighted by Crippen LogP contribution is -2.30. The average molecular weight is 1450 g/mol. The number of phosphoric acid groups is 2. The molecule has 0 heterocycles. The summed E-state index contributed by atoms with van der Waals surface area (Å²) in [4.78, 5) is 72.9. The highest BCUT2D eigenvalue weighted by atomic mass is 31.2. The van der Waals surface area contributed by atoms with Crippen LogP contribution in [0.2, 0.25) is 0 Å². The number of hydrogen-bond donors (Lipinski definition) is 3. The molecule has 0 aromatic heterocycles. The lowest BCUT2D eigenvalue weighted by Gasteiger charge is -2.21. The Kier molecular flexibility index (Phi) is 69.5. The smallest absolute Gasteiger partial charge is 0.462 e. The minimum Gasteiger partial charge on any atom is -0.462 e. The van der Waals surface area contributed by atoms with Gasteiger partial charge in [0.1, 0.15) is 19.3 Å². The Balaban J connectivity index is 5.36. The second-order valence-corrected chi connectivity index (χ2v) is 28.4. The third kappa shape index (κ3) is 71.8. The maximum atomic E-state index is 13.1. The van der Waals surface area contributed by atoms with Gasteiger partial charge in [0.25, 0.3) is 0 Å². The number of aliphatic hydroxyl groups is 1. The molecule has 0 aliphatic rings. The standard InChI is InChI=1S/C81H138O17P2/c1-5-9-13-17-21-25-29-32-35-36-37-38-41-43-47-50-54-58-62-66-79(84)91-71-76(97-80(85)67-63-59-55-51-45-28-24-20-16-12-8-4)73-95-99(87,88)93-69-75(82)70-94-100(89,90)96-74-77(98-81(86)68-64-60-56-52-48-44-40-34-31-27-23-19-15-11-7-3)72-92-78(83)65-61-57-53-49-46-42-39-33-30-26-22-18-14-10-6-2/h9-10,13-14,21-23,25-27,32-35,37-40,46,49,75-77,82H,5-8,11-12,15-20,24,28-31,36,41-45,47-48,50-74H2,1-4H3,(H,87,88)(H,89,90)/b13-9-,14-10-,25-21-,26-22-,27-23-,35-32-,38-37-,39-33-,40-34-,49-46-. The molecule has 0 aromatic rings. The van der Waals surface area contributed by atoms with Crippen LogP contribution in [0.5, 0.6) is 0 Å². The average Bonchev–Trinajstić information content (AvgIpc) is 0.953. The highest BCUT2D eigenvalue weighted by Crippen LogP contribution is 2.45. The molecule has 5 unspecified atom stereocenters. The number of phosphoric ester groups is 2. The molecule has 17 nitrogen and oxygen atoms in total. The van der Waals surface area contributed by atoms with Crippen LogP contribution in [0.25, 0.3) is 0 Å². The molecule has 0 aliphatic carbocycles. The summed E-state index contributed by atoms with van der Waals surface area (Å²) in [6, 6.07) is 0. The molecule has 0 amide bonds. The zero-order valence-corrected chi connectivity index (χ0v) is 64.4. The van der Waals surface area contributed by atoms with E-state index in [1.807, 2.05) is 0 Å². The molecule has 0 aromatic carbocycles. The lowest BCUT2D eigenvalue weighted by molar-refractivity contribution is -0.161. The normalized spacial score (nSPS) is 14.6. The van der Waals surface area contributed by atoms with Crippen molar-refractivity contribution >= 4 is 39.5 Å². The molecule has 5 atom stereocenters. The third-order valence-electron chi connectivity index (χ3n) is 15.9. The van der Waals surface area contributed by atoms with Crippen molar-refractivity contribution in [1.29, 1.82) is 0 Å². The van der Waals surface area contributed by atoms with Gasteiger partial charge in [0, 0.05) is 25.7 Å². The highest BCUT2D eigenvalue weighted by molar-refractivity contribution is 7.47. The van der Waals surface area contributed by atoms with Crippen molar-refractivity contribution in [3.63, 3.8) is 0 Å². The Labute approximate surface area is 606 Å². The van der Waals surface area contributed by atoms with E-state index in [1.54, 1.807) is 0 Å². The third-order valence-corrected chi connectivity index (χ3v) is 17.8. The van der Waals surface area contributed by atoms with Crippen LogP contribution < -0.4 is 0 Å². The highest BCUT2D eigenvalue weighted by Gasteiger charge is 2.30. The number of unbranched alkanes of at least 4 members (excludes halogenated alkanes) is 26. The van der Waals surface area contributed by atoms with Gasteiger partial charge in [-0.2, -0.15) is 0 Å². The van der Waals surface area contributed by atoms with Gasteiger partial charge in [-0.25, -0.2) is 9.13 Å². The van der Waals surface area contributed by atoms with Gasteiger partial charge in [-0.05, 0) is 135 Å². The van der Waals surface area contributed by atoms with Gasteiger partial charge in [-0.15, -0.1) is 0 Å². The van der Waals surface area contributed by atoms with Gasteiger partial charge in [-0.3, -0.25) is 37.3 Å². The Hall–Kier alpha value is -4.54. The fraction of sp³-hybridized carbons (Fsp3) is 0.704. The number of ether oxygens (including phenoxy) is 4. The van der Waals surface area contributed by atoms with E-state index in [2.05, 4.69) is 149 Å². The van der Waals surface area contributed by atoms with Crippen LogP contribution in [0, 0.1) is 0 Å². The summed E-state index contributed by atoms with van der Waals surface area (Å²) < 4.78 is 68.4. The van der Waals surface area contributed by atoms with Crippen LogP contribution in [0.15, 0.2) is 122 Å². The van der Waals surface area contributed by atoms with Crippen molar-refractivity contribution in [2.75, 3.05) is 39.6 Å². The van der Waals surface area contributed by atoms with Crippen molar-refractivity contribution in [2.45, 2.75) is 329 Å². The number of hydrogen-bond acceptors (Lipinski definition) is 15. The molecule has 0 aliphatic heterocycles. The van der Waals surface area contributed by atoms with E-state index in [0.29, 0.717) is 25.7 Å². The maximum absolute atomic E-state index is 13.1. The number of esters is 4. The van der Waals surface area contributed by atoms with Crippen LogP contribution in [-0.2, 0) is 65.4 Å². The van der Waals surface area contributed by atoms with E-state index in [0.717, 1.165) is 173 Å². The van der Waals surface area contributed by atoms with E-state index in [-0.39, 0.29) is 25.7 Å². The van der Waals surface area contributed by atoms with Crippen molar-refractivity contribution in [1.82, 2.24) is 0 Å². The van der Waals surface area contributed by atoms with Crippen molar-refractivity contribution in [3.05, 3.63) is 122 Å². The van der Waals surface area contributed by atoms with Crippen molar-refractivity contribution in [2.24, 2.45) is 0 Å². The Morgan fingerprint density at radius 2 is 0.520 bits per heavy atom. The Bertz CT molecular complexity index is 2370. The summed E-state index contributed by atoms with van der Waals surface area (Å²) in [6.45, 7) is 4.54. The molecular formula is C81H138O17P2. The SMILES string of the molecule is CC/C=C\C/C=C\C/C=C\C/C=C\CCCCCCCCC(=O)OCC(COP(=O)(O)OCC(O)COP(=O)(O)OCC(COC(=O)CCCC/C=C\C/C=C\C/C=C\C/C=C\CC)OC(=O)CCCCCCC/C=C\C/C=C\CCCCC)OC(=O)CCCCCCCCCCCCC. The molecule has 0 saturated heterocycles. The second-order valence-electron chi connectivity index (χ2n) is 25.5. The molecule has 0 fully saturated rings. The predicted octanol–water partition coefficient (Wildman–Crippen LogP) is 22.3. The van der Waals surface area contributed by atoms with Gasteiger partial charge in [-0.1, -0.05) is 271 Å². The summed E-state index contributed by atoms with van der Waals surface area (Å²) in [5.41, 5.74) is 0. The fourth-order valence-electron chi connectivity index (χ4n) is 10.1. The molecule has 0 bridgehead atoms.